The van der Waals surface area contributed by atoms with E-state index in [9.17, 15) is 27.6 Å². The molecule has 168 valence electrons. The Morgan fingerprint density at radius 2 is 1.68 bits per heavy atom. The normalized spacial score (nSPS) is 22.5. The number of rotatable bonds is 3. The second-order valence-electron chi connectivity index (χ2n) is 7.93. The number of fused-ring (bicyclic) bond motifs is 1. The minimum absolute atomic E-state index is 0.00646. The maximum atomic E-state index is 12.6. The number of halogens is 3. The third-order valence-corrected chi connectivity index (χ3v) is 6.00. The van der Waals surface area contributed by atoms with Gasteiger partial charge in [0.2, 0.25) is 0 Å². The van der Waals surface area contributed by atoms with Gasteiger partial charge in [-0.3, -0.25) is 9.69 Å². The Morgan fingerprint density at radius 3 is 2.29 bits per heavy atom. The third-order valence-electron chi connectivity index (χ3n) is 6.00. The van der Waals surface area contributed by atoms with Crippen LogP contribution in [-0.2, 0) is 14.3 Å². The average Bonchev–Trinajstić information content (AvgIpc) is 3.10. The number of hydrogen-bond acceptors (Lipinski definition) is 6. The Kier molecular flexibility index (Phi) is 5.78. The van der Waals surface area contributed by atoms with Crippen LogP contribution in [0.2, 0.25) is 0 Å². The Morgan fingerprint density at radius 1 is 1.03 bits per heavy atom. The summed E-state index contributed by atoms with van der Waals surface area (Å²) in [6.07, 6.45) is -4.60. The van der Waals surface area contributed by atoms with Crippen LogP contribution in [0.1, 0.15) is 12.8 Å². The molecule has 0 unspecified atom stereocenters. The summed E-state index contributed by atoms with van der Waals surface area (Å²) in [6.45, 7) is 3.81. The molecule has 0 radical (unpaired) electrons. The predicted molar refractivity (Wildman–Crippen MR) is 105 cm³/mol. The van der Waals surface area contributed by atoms with E-state index in [0.29, 0.717) is 39.0 Å². The summed E-state index contributed by atoms with van der Waals surface area (Å²) in [6, 6.07) is 7.72. The molecule has 0 bridgehead atoms. The van der Waals surface area contributed by atoms with E-state index in [1.165, 1.54) is 0 Å². The largest absolute Gasteiger partial charge is 0.491 e. The molecule has 0 saturated carbocycles. The fourth-order valence-corrected chi connectivity index (χ4v) is 4.28. The maximum absolute atomic E-state index is 12.6. The van der Waals surface area contributed by atoms with E-state index in [1.807, 2.05) is 34.1 Å². The Balaban J connectivity index is 1.32. The van der Waals surface area contributed by atoms with Crippen molar-refractivity contribution in [2.24, 2.45) is 5.92 Å². The molecular formula is C20H23F3N4O4. The minimum atomic E-state index is -5.18. The molecule has 1 aromatic carbocycles. The number of alkyl halides is 3. The summed E-state index contributed by atoms with van der Waals surface area (Å²) in [4.78, 5) is 41.0. The van der Waals surface area contributed by atoms with Crippen molar-refractivity contribution in [1.82, 2.24) is 10.2 Å². The number of piperazine rings is 1. The minimum Gasteiger partial charge on any atom is -0.386 e. The molecule has 3 saturated heterocycles. The van der Waals surface area contributed by atoms with E-state index in [0.717, 1.165) is 24.5 Å². The molecule has 3 aliphatic rings. The lowest BCUT2D eigenvalue weighted by Gasteiger charge is -2.32. The van der Waals surface area contributed by atoms with E-state index in [2.05, 4.69) is 10.1 Å². The molecule has 3 fully saturated rings. The van der Waals surface area contributed by atoms with Crippen molar-refractivity contribution in [3.05, 3.63) is 24.3 Å². The number of amides is 2. The first kappa shape index (κ1) is 21.4. The number of piperidine rings is 1. The van der Waals surface area contributed by atoms with E-state index >= 15 is 0 Å². The average molecular weight is 440 g/mol. The number of nitrogens with one attached hydrogen (secondary N) is 1. The Bertz CT molecular complexity index is 853. The van der Waals surface area contributed by atoms with E-state index in [4.69, 9.17) is 0 Å². The molecular weight excluding hydrogens is 417 g/mol. The number of hydrogen-bond donors (Lipinski definition) is 1. The second kappa shape index (κ2) is 8.37. The molecule has 8 nitrogen and oxygen atoms in total. The highest BCUT2D eigenvalue weighted by molar-refractivity contribution is 5.95. The summed E-state index contributed by atoms with van der Waals surface area (Å²) in [5.74, 6) is -4.34. The second-order valence-corrected chi connectivity index (χ2v) is 7.93. The van der Waals surface area contributed by atoms with Gasteiger partial charge in [-0.2, -0.15) is 13.2 Å². The monoisotopic (exact) mass is 440 g/mol. The fourth-order valence-electron chi connectivity index (χ4n) is 4.28. The fraction of sp³-hybridized carbons (Fsp3) is 0.550. The molecule has 0 aliphatic carbocycles. The van der Waals surface area contributed by atoms with Gasteiger partial charge in [-0.15, -0.1) is 0 Å². The number of nitrogens with zero attached hydrogens (tertiary/aromatic N) is 3. The van der Waals surface area contributed by atoms with Crippen LogP contribution in [0.3, 0.4) is 0 Å². The number of ether oxygens (including phenoxy) is 1. The molecule has 11 heteroatoms. The number of urea groups is 1. The standard InChI is InChI=1S/C20H23F3N4O4/c21-20(22,23)18(29)31-17(28)13-5-8-25(9-6-13)14-1-3-15(4-2-14)27-12-16-11-24-7-10-26(16)19(27)30/h1-4,13,16,24H,5-12H2/t16-/m0/s1. The smallest absolute Gasteiger partial charge is 0.386 e. The first-order valence-corrected chi connectivity index (χ1v) is 10.2. The number of anilines is 2. The van der Waals surface area contributed by atoms with Crippen molar-refractivity contribution >= 4 is 29.3 Å². The zero-order chi connectivity index (χ0) is 22.2. The van der Waals surface area contributed by atoms with Gasteiger partial charge in [0.25, 0.3) is 0 Å². The number of esters is 2. The van der Waals surface area contributed by atoms with Crippen LogP contribution in [0, 0.1) is 5.92 Å². The van der Waals surface area contributed by atoms with Gasteiger partial charge < -0.3 is 19.9 Å². The van der Waals surface area contributed by atoms with Crippen molar-refractivity contribution < 1.29 is 32.3 Å². The molecule has 0 spiro atoms. The molecule has 0 aromatic heterocycles. The van der Waals surface area contributed by atoms with Gasteiger partial charge in [0, 0.05) is 50.6 Å². The van der Waals surface area contributed by atoms with Crippen LogP contribution >= 0.6 is 0 Å². The zero-order valence-corrected chi connectivity index (χ0v) is 16.7. The summed E-state index contributed by atoms with van der Waals surface area (Å²) >= 11 is 0. The first-order valence-electron chi connectivity index (χ1n) is 10.2. The highest BCUT2D eigenvalue weighted by atomic mass is 19.4. The molecule has 3 heterocycles. The van der Waals surface area contributed by atoms with E-state index in [-0.39, 0.29) is 12.1 Å². The van der Waals surface area contributed by atoms with Gasteiger partial charge in [-0.05, 0) is 37.1 Å². The van der Waals surface area contributed by atoms with Crippen molar-refractivity contribution in [3.8, 4) is 0 Å². The Labute approximate surface area is 176 Å². The van der Waals surface area contributed by atoms with Crippen LogP contribution in [-0.4, -0.2) is 74.4 Å². The summed E-state index contributed by atoms with van der Waals surface area (Å²) in [5.41, 5.74) is 1.71. The molecule has 31 heavy (non-hydrogen) atoms. The van der Waals surface area contributed by atoms with E-state index in [1.54, 1.807) is 4.90 Å². The summed E-state index contributed by atoms with van der Waals surface area (Å²) in [5, 5.41) is 3.30. The number of carbonyl (C=O) groups is 3. The van der Waals surface area contributed by atoms with Crippen LogP contribution < -0.4 is 15.1 Å². The molecule has 2 amide bonds. The number of carbonyl (C=O) groups excluding carboxylic acids is 3. The van der Waals surface area contributed by atoms with Gasteiger partial charge in [-0.1, -0.05) is 0 Å². The molecule has 1 N–H and O–H groups in total. The van der Waals surface area contributed by atoms with Gasteiger partial charge in [0.1, 0.15) is 0 Å². The lowest BCUT2D eigenvalue weighted by molar-refractivity contribution is -0.203. The van der Waals surface area contributed by atoms with Crippen molar-refractivity contribution in [1.29, 1.82) is 0 Å². The molecule has 1 atom stereocenters. The third kappa shape index (κ3) is 4.46. The lowest BCUT2D eigenvalue weighted by atomic mass is 9.96. The predicted octanol–water partition coefficient (Wildman–Crippen LogP) is 1.75. The highest BCUT2D eigenvalue weighted by Crippen LogP contribution is 2.29. The maximum Gasteiger partial charge on any atom is 0.491 e. The summed E-state index contributed by atoms with van der Waals surface area (Å²) < 4.78 is 40.7. The van der Waals surface area contributed by atoms with Crippen LogP contribution in [0.5, 0.6) is 0 Å². The van der Waals surface area contributed by atoms with Crippen molar-refractivity contribution in [2.75, 3.05) is 49.1 Å². The van der Waals surface area contributed by atoms with Crippen LogP contribution in [0.15, 0.2) is 24.3 Å². The van der Waals surface area contributed by atoms with Gasteiger partial charge in [0.15, 0.2) is 0 Å². The topological polar surface area (TPSA) is 82.2 Å². The molecule has 3 aliphatic heterocycles. The molecule has 1 aromatic rings. The highest BCUT2D eigenvalue weighted by Gasteiger charge is 2.43. The van der Waals surface area contributed by atoms with Gasteiger partial charge in [-0.25, -0.2) is 9.59 Å². The Hall–Kier alpha value is -2.82. The quantitative estimate of drug-likeness (QED) is 0.570. The SMILES string of the molecule is O=C(OC(=O)C(F)(F)F)C1CCN(c2ccc(N3C[C@@H]4CNCCN4C3=O)cc2)CC1. The van der Waals surface area contributed by atoms with Crippen LogP contribution in [0.25, 0.3) is 0 Å². The van der Waals surface area contributed by atoms with Gasteiger partial charge in [0.05, 0.1) is 12.0 Å². The van der Waals surface area contributed by atoms with Crippen molar-refractivity contribution in [3.63, 3.8) is 0 Å². The lowest BCUT2D eigenvalue weighted by Crippen LogP contribution is -2.49. The van der Waals surface area contributed by atoms with Crippen LogP contribution in [0.4, 0.5) is 29.3 Å². The van der Waals surface area contributed by atoms with Crippen molar-refractivity contribution in [2.45, 2.75) is 25.1 Å². The zero-order valence-electron chi connectivity index (χ0n) is 16.7. The number of benzene rings is 1. The first-order chi connectivity index (χ1) is 14.7. The van der Waals surface area contributed by atoms with E-state index < -0.39 is 24.0 Å². The molecule has 4 rings (SSSR count). The summed E-state index contributed by atoms with van der Waals surface area (Å²) in [7, 11) is 0. The van der Waals surface area contributed by atoms with Gasteiger partial charge >= 0.3 is 24.1 Å².